The number of carbonyl (C=O) groups is 2. The molecule has 2 aromatic heterocycles. The summed E-state index contributed by atoms with van der Waals surface area (Å²) in [5.41, 5.74) is 1.80. The van der Waals surface area contributed by atoms with Crippen LogP contribution in [0.25, 0.3) is 10.9 Å². The predicted octanol–water partition coefficient (Wildman–Crippen LogP) is 3.64. The Balaban J connectivity index is 1.90. The number of pyridine rings is 1. The number of nitrogens with zero attached hydrogens (tertiary/aromatic N) is 2. The number of benzene rings is 1. The van der Waals surface area contributed by atoms with Crippen LogP contribution in [0.2, 0.25) is 0 Å². The van der Waals surface area contributed by atoms with Crippen molar-refractivity contribution in [2.24, 2.45) is 0 Å². The van der Waals surface area contributed by atoms with Gasteiger partial charge in [0.05, 0.1) is 24.7 Å². The maximum Gasteiger partial charge on any atom is 0.341 e. The Labute approximate surface area is 155 Å². The highest BCUT2D eigenvalue weighted by Gasteiger charge is 2.20. The summed E-state index contributed by atoms with van der Waals surface area (Å²) in [6.07, 6.45) is 0. The van der Waals surface area contributed by atoms with Crippen LogP contribution in [0.3, 0.4) is 0 Å². The lowest BCUT2D eigenvalue weighted by molar-refractivity contribution is 0.0598. The van der Waals surface area contributed by atoms with Gasteiger partial charge in [-0.25, -0.2) is 9.18 Å². The Morgan fingerprint density at radius 3 is 2.63 bits per heavy atom. The molecular weight excluding hydrogens is 351 g/mol. The molecule has 3 aromatic rings. The van der Waals surface area contributed by atoms with E-state index in [2.05, 4.69) is 4.98 Å². The second-order valence-corrected chi connectivity index (χ2v) is 6.31. The van der Waals surface area contributed by atoms with E-state index in [9.17, 15) is 14.0 Å². The summed E-state index contributed by atoms with van der Waals surface area (Å²) in [6, 6.07) is 7.39. The fraction of sp³-hybridized carbons (Fsp3) is 0.250. The van der Waals surface area contributed by atoms with Crippen LogP contribution in [-0.2, 0) is 11.3 Å². The van der Waals surface area contributed by atoms with Crippen LogP contribution in [0.15, 0.2) is 34.7 Å². The molecule has 0 spiro atoms. The lowest BCUT2D eigenvalue weighted by Gasteiger charge is -2.17. The monoisotopic (exact) mass is 370 g/mol. The summed E-state index contributed by atoms with van der Waals surface area (Å²) in [4.78, 5) is 30.4. The zero-order chi connectivity index (χ0) is 19.7. The van der Waals surface area contributed by atoms with Crippen LogP contribution in [0, 0.1) is 19.7 Å². The quantitative estimate of drug-likeness (QED) is 0.656. The van der Waals surface area contributed by atoms with E-state index in [1.807, 2.05) is 0 Å². The molecule has 0 aliphatic carbocycles. The Morgan fingerprint density at radius 2 is 1.93 bits per heavy atom. The van der Waals surface area contributed by atoms with Crippen molar-refractivity contribution in [3.63, 3.8) is 0 Å². The smallest absolute Gasteiger partial charge is 0.341 e. The van der Waals surface area contributed by atoms with Gasteiger partial charge in [-0.1, -0.05) is 0 Å². The number of amides is 1. The fourth-order valence-electron chi connectivity index (χ4n) is 2.96. The third-order valence-electron chi connectivity index (χ3n) is 4.24. The van der Waals surface area contributed by atoms with E-state index in [1.165, 1.54) is 24.1 Å². The molecule has 140 valence electrons. The highest BCUT2D eigenvalue weighted by atomic mass is 19.1. The molecule has 2 heterocycles. The SMILES string of the molecule is COC(=O)c1cc(CN(C)C(=O)c2cc(C)nc3cc(F)ccc23)oc1C. The number of rotatable bonds is 4. The van der Waals surface area contributed by atoms with E-state index in [0.717, 1.165) is 0 Å². The predicted molar refractivity (Wildman–Crippen MR) is 97.0 cm³/mol. The van der Waals surface area contributed by atoms with Gasteiger partial charge in [0.15, 0.2) is 0 Å². The average molecular weight is 370 g/mol. The molecule has 7 heteroatoms. The molecule has 0 aliphatic rings. The molecule has 0 N–H and O–H groups in total. The van der Waals surface area contributed by atoms with Gasteiger partial charge in [-0.15, -0.1) is 0 Å². The van der Waals surface area contributed by atoms with Crippen LogP contribution in [0.5, 0.6) is 0 Å². The van der Waals surface area contributed by atoms with Gasteiger partial charge in [-0.2, -0.15) is 0 Å². The highest BCUT2D eigenvalue weighted by molar-refractivity contribution is 6.06. The van der Waals surface area contributed by atoms with Crippen LogP contribution in [0.1, 0.15) is 37.9 Å². The number of fused-ring (bicyclic) bond motifs is 1. The molecule has 0 radical (unpaired) electrons. The van der Waals surface area contributed by atoms with E-state index >= 15 is 0 Å². The normalized spacial score (nSPS) is 10.9. The summed E-state index contributed by atoms with van der Waals surface area (Å²) in [6.45, 7) is 3.58. The number of aryl methyl sites for hydroxylation is 2. The fourth-order valence-corrected chi connectivity index (χ4v) is 2.96. The van der Waals surface area contributed by atoms with Crippen molar-refractivity contribution in [1.82, 2.24) is 9.88 Å². The van der Waals surface area contributed by atoms with Crippen molar-refractivity contribution in [1.29, 1.82) is 0 Å². The molecule has 1 amide bonds. The molecule has 0 bridgehead atoms. The summed E-state index contributed by atoms with van der Waals surface area (Å²) >= 11 is 0. The molecule has 0 atom stereocenters. The van der Waals surface area contributed by atoms with Crippen LogP contribution in [0.4, 0.5) is 4.39 Å². The maximum absolute atomic E-state index is 13.5. The number of furan rings is 1. The zero-order valence-electron chi connectivity index (χ0n) is 15.5. The first-order chi connectivity index (χ1) is 12.8. The first-order valence-electron chi connectivity index (χ1n) is 8.30. The van der Waals surface area contributed by atoms with Crippen molar-refractivity contribution in [3.05, 3.63) is 64.5 Å². The summed E-state index contributed by atoms with van der Waals surface area (Å²) in [5, 5.41) is 0.574. The van der Waals surface area contributed by atoms with Crippen molar-refractivity contribution in [2.75, 3.05) is 14.2 Å². The Bertz CT molecular complexity index is 1040. The minimum atomic E-state index is -0.491. The Morgan fingerprint density at radius 1 is 1.19 bits per heavy atom. The number of aromatic nitrogens is 1. The minimum absolute atomic E-state index is 0.167. The highest BCUT2D eigenvalue weighted by Crippen LogP contribution is 2.22. The van der Waals surface area contributed by atoms with E-state index in [0.29, 0.717) is 39.2 Å². The molecular formula is C20H19FN2O4. The maximum atomic E-state index is 13.5. The summed E-state index contributed by atoms with van der Waals surface area (Å²) in [7, 11) is 2.92. The number of halogens is 1. The molecule has 0 saturated carbocycles. The number of ether oxygens (including phenoxy) is 1. The summed E-state index contributed by atoms with van der Waals surface area (Å²) < 4.78 is 23.8. The molecule has 3 rings (SSSR count). The van der Waals surface area contributed by atoms with Gasteiger partial charge >= 0.3 is 5.97 Å². The molecule has 6 nitrogen and oxygen atoms in total. The number of hydrogen-bond donors (Lipinski definition) is 0. The second kappa shape index (κ2) is 7.19. The molecule has 0 fully saturated rings. The molecule has 1 aromatic carbocycles. The first-order valence-corrected chi connectivity index (χ1v) is 8.30. The third kappa shape index (κ3) is 3.67. The van der Waals surface area contributed by atoms with Crippen LogP contribution < -0.4 is 0 Å². The lowest BCUT2D eigenvalue weighted by Crippen LogP contribution is -2.26. The Kier molecular flexibility index (Phi) is 4.94. The lowest BCUT2D eigenvalue weighted by atomic mass is 10.1. The largest absolute Gasteiger partial charge is 0.465 e. The van der Waals surface area contributed by atoms with Crippen LogP contribution >= 0.6 is 0 Å². The van der Waals surface area contributed by atoms with E-state index in [1.54, 1.807) is 39.1 Å². The number of esters is 1. The van der Waals surface area contributed by atoms with Crippen molar-refractivity contribution in [2.45, 2.75) is 20.4 Å². The molecule has 0 saturated heterocycles. The average Bonchev–Trinajstić information content (AvgIpc) is 2.99. The van der Waals surface area contributed by atoms with E-state index in [-0.39, 0.29) is 12.5 Å². The minimum Gasteiger partial charge on any atom is -0.465 e. The number of methoxy groups -OCH3 is 1. The molecule has 27 heavy (non-hydrogen) atoms. The molecule has 0 unspecified atom stereocenters. The Hall–Kier alpha value is -3.22. The van der Waals surface area contributed by atoms with Gasteiger partial charge in [-0.05, 0) is 38.1 Å². The zero-order valence-corrected chi connectivity index (χ0v) is 15.5. The number of carbonyl (C=O) groups excluding carboxylic acids is 2. The number of hydrogen-bond acceptors (Lipinski definition) is 5. The van der Waals surface area contributed by atoms with Gasteiger partial charge in [0, 0.05) is 24.2 Å². The first kappa shape index (κ1) is 18.6. The van der Waals surface area contributed by atoms with Gasteiger partial charge in [-0.3, -0.25) is 9.78 Å². The van der Waals surface area contributed by atoms with E-state index in [4.69, 9.17) is 9.15 Å². The van der Waals surface area contributed by atoms with Crippen molar-refractivity contribution >= 4 is 22.8 Å². The topological polar surface area (TPSA) is 72.6 Å². The van der Waals surface area contributed by atoms with Gasteiger partial charge in [0.25, 0.3) is 5.91 Å². The van der Waals surface area contributed by atoms with Gasteiger partial charge in [0.1, 0.15) is 22.9 Å². The standard InChI is InChI=1S/C20H19FN2O4/c1-11-7-17(15-6-5-13(21)8-18(15)22-11)19(24)23(3)10-14-9-16(12(2)27-14)20(25)26-4/h5-9H,10H2,1-4H3. The summed E-state index contributed by atoms with van der Waals surface area (Å²) in [5.74, 6) is -0.267. The third-order valence-corrected chi connectivity index (χ3v) is 4.24. The van der Waals surface area contributed by atoms with Gasteiger partial charge in [0.2, 0.25) is 0 Å². The van der Waals surface area contributed by atoms with Crippen LogP contribution in [-0.4, -0.2) is 35.9 Å². The second-order valence-electron chi connectivity index (χ2n) is 6.31. The van der Waals surface area contributed by atoms with Crippen molar-refractivity contribution in [3.8, 4) is 0 Å². The van der Waals surface area contributed by atoms with Crippen molar-refractivity contribution < 1.29 is 23.1 Å². The van der Waals surface area contributed by atoms with E-state index < -0.39 is 11.8 Å². The molecule has 0 aliphatic heterocycles. The van der Waals surface area contributed by atoms with Gasteiger partial charge < -0.3 is 14.1 Å².